The molecule has 1 aromatic carbocycles. The number of carbonyl (C=O) groups excluding carboxylic acids is 1. The second-order valence-corrected chi connectivity index (χ2v) is 5.15. The number of carbonyl (C=O) groups is 1. The van der Waals surface area contributed by atoms with Gasteiger partial charge in [-0.25, -0.2) is 0 Å². The van der Waals surface area contributed by atoms with Crippen molar-refractivity contribution in [3.63, 3.8) is 0 Å². The van der Waals surface area contributed by atoms with E-state index in [1.807, 2.05) is 18.2 Å². The zero-order valence-corrected chi connectivity index (χ0v) is 10.9. The van der Waals surface area contributed by atoms with E-state index >= 15 is 0 Å². The molecule has 0 amide bonds. The summed E-state index contributed by atoms with van der Waals surface area (Å²) in [6.07, 6.45) is 7.72. The smallest absolute Gasteiger partial charge is 0.305 e. The molecule has 2 rings (SSSR count). The third-order valence-electron chi connectivity index (χ3n) is 3.73. The fourth-order valence-electron chi connectivity index (χ4n) is 2.62. The summed E-state index contributed by atoms with van der Waals surface area (Å²) in [6, 6.07) is 10.1. The van der Waals surface area contributed by atoms with E-state index < -0.39 is 0 Å². The fourth-order valence-corrected chi connectivity index (χ4v) is 2.62. The highest BCUT2D eigenvalue weighted by molar-refractivity contribution is 5.69. The van der Waals surface area contributed by atoms with E-state index in [9.17, 15) is 4.79 Å². The predicted molar refractivity (Wildman–Crippen MR) is 72.3 cm³/mol. The minimum Gasteiger partial charge on any atom is -0.465 e. The van der Waals surface area contributed by atoms with Crippen molar-refractivity contribution in [3.8, 4) is 0 Å². The zero-order valence-electron chi connectivity index (χ0n) is 10.9. The monoisotopic (exact) mass is 246 g/mol. The minimum absolute atomic E-state index is 0.0298. The first kappa shape index (κ1) is 13.1. The molecule has 0 aromatic heterocycles. The Morgan fingerprint density at radius 3 is 2.61 bits per heavy atom. The molecule has 0 N–H and O–H groups in total. The van der Waals surface area contributed by atoms with Gasteiger partial charge in [-0.2, -0.15) is 0 Å². The largest absolute Gasteiger partial charge is 0.465 e. The lowest BCUT2D eigenvalue weighted by Crippen LogP contribution is -2.09. The maximum Gasteiger partial charge on any atom is 0.305 e. The van der Waals surface area contributed by atoms with Crippen LogP contribution >= 0.6 is 0 Å². The van der Waals surface area contributed by atoms with E-state index in [-0.39, 0.29) is 5.97 Å². The molecule has 1 saturated carbocycles. The molecule has 0 heterocycles. The first-order chi connectivity index (χ1) is 8.84. The summed E-state index contributed by atoms with van der Waals surface area (Å²) >= 11 is 0. The van der Waals surface area contributed by atoms with Gasteiger partial charge in [-0.3, -0.25) is 4.79 Å². The van der Waals surface area contributed by atoms with Crippen LogP contribution in [-0.2, 0) is 16.0 Å². The van der Waals surface area contributed by atoms with Gasteiger partial charge in [0.15, 0.2) is 0 Å². The number of ether oxygens (including phenoxy) is 1. The molecule has 98 valence electrons. The Morgan fingerprint density at radius 1 is 1.17 bits per heavy atom. The van der Waals surface area contributed by atoms with Crippen LogP contribution < -0.4 is 0 Å². The predicted octanol–water partition coefficient (Wildman–Crippen LogP) is 3.74. The van der Waals surface area contributed by atoms with E-state index in [4.69, 9.17) is 4.74 Å². The van der Waals surface area contributed by atoms with Crippen molar-refractivity contribution in [2.24, 2.45) is 5.92 Å². The van der Waals surface area contributed by atoms with Gasteiger partial charge < -0.3 is 4.74 Å². The molecule has 0 bridgehead atoms. The van der Waals surface area contributed by atoms with Gasteiger partial charge in [-0.15, -0.1) is 0 Å². The summed E-state index contributed by atoms with van der Waals surface area (Å²) in [5, 5.41) is 0. The van der Waals surface area contributed by atoms with Crippen LogP contribution in [0.1, 0.15) is 44.1 Å². The van der Waals surface area contributed by atoms with Gasteiger partial charge in [0.1, 0.15) is 0 Å². The van der Waals surface area contributed by atoms with Gasteiger partial charge in [-0.05, 0) is 17.9 Å². The molecule has 2 nitrogen and oxygen atoms in total. The SMILES string of the molecule is O=C(CCC1CCCC1)OCCc1ccccc1. The summed E-state index contributed by atoms with van der Waals surface area (Å²) in [6.45, 7) is 0.507. The molecule has 1 aromatic rings. The fraction of sp³-hybridized carbons (Fsp3) is 0.562. The van der Waals surface area contributed by atoms with Crippen LogP contribution in [0.15, 0.2) is 30.3 Å². The van der Waals surface area contributed by atoms with Gasteiger partial charge in [0.05, 0.1) is 6.61 Å². The summed E-state index contributed by atoms with van der Waals surface area (Å²) in [7, 11) is 0. The van der Waals surface area contributed by atoms with Crippen LogP contribution in [0.25, 0.3) is 0 Å². The molecule has 0 atom stereocenters. The van der Waals surface area contributed by atoms with E-state index in [0.29, 0.717) is 13.0 Å². The second-order valence-electron chi connectivity index (χ2n) is 5.15. The third kappa shape index (κ3) is 4.52. The van der Waals surface area contributed by atoms with Gasteiger partial charge in [0.25, 0.3) is 0 Å². The van der Waals surface area contributed by atoms with Gasteiger partial charge in [0, 0.05) is 12.8 Å². The highest BCUT2D eigenvalue weighted by atomic mass is 16.5. The van der Waals surface area contributed by atoms with Gasteiger partial charge in [0.2, 0.25) is 0 Å². The van der Waals surface area contributed by atoms with Crippen LogP contribution in [0.5, 0.6) is 0 Å². The first-order valence-corrected chi connectivity index (χ1v) is 7.04. The highest BCUT2D eigenvalue weighted by Gasteiger charge is 2.16. The van der Waals surface area contributed by atoms with Crippen LogP contribution in [0.4, 0.5) is 0 Å². The van der Waals surface area contributed by atoms with E-state index in [1.165, 1.54) is 31.2 Å². The molecule has 0 radical (unpaired) electrons. The van der Waals surface area contributed by atoms with Gasteiger partial charge >= 0.3 is 5.97 Å². The summed E-state index contributed by atoms with van der Waals surface area (Å²) in [5.74, 6) is 0.740. The van der Waals surface area contributed by atoms with E-state index in [1.54, 1.807) is 0 Å². The van der Waals surface area contributed by atoms with Crippen molar-refractivity contribution >= 4 is 5.97 Å². The molecule has 1 aliphatic carbocycles. The number of hydrogen-bond donors (Lipinski definition) is 0. The molecular weight excluding hydrogens is 224 g/mol. The van der Waals surface area contributed by atoms with Crippen LogP contribution in [0.2, 0.25) is 0 Å². The lowest BCUT2D eigenvalue weighted by Gasteiger charge is -2.08. The Balaban J connectivity index is 1.57. The Kier molecular flexibility index (Phi) is 5.25. The van der Waals surface area contributed by atoms with Crippen molar-refractivity contribution in [2.45, 2.75) is 44.9 Å². The Labute approximate surface area is 109 Å². The van der Waals surface area contributed by atoms with Crippen molar-refractivity contribution in [3.05, 3.63) is 35.9 Å². The maximum absolute atomic E-state index is 11.6. The Bertz CT molecular complexity index is 353. The third-order valence-corrected chi connectivity index (χ3v) is 3.73. The van der Waals surface area contributed by atoms with E-state index in [0.717, 1.165) is 18.8 Å². The normalized spacial score (nSPS) is 15.8. The Morgan fingerprint density at radius 2 is 1.89 bits per heavy atom. The molecular formula is C16H22O2. The van der Waals surface area contributed by atoms with Crippen LogP contribution in [0.3, 0.4) is 0 Å². The lowest BCUT2D eigenvalue weighted by molar-refractivity contribution is -0.143. The van der Waals surface area contributed by atoms with Crippen LogP contribution in [0, 0.1) is 5.92 Å². The summed E-state index contributed by atoms with van der Waals surface area (Å²) in [5.41, 5.74) is 1.22. The highest BCUT2D eigenvalue weighted by Crippen LogP contribution is 2.28. The van der Waals surface area contributed by atoms with Crippen molar-refractivity contribution in [1.82, 2.24) is 0 Å². The number of rotatable bonds is 6. The molecule has 0 unspecified atom stereocenters. The number of esters is 1. The topological polar surface area (TPSA) is 26.3 Å². The summed E-state index contributed by atoms with van der Waals surface area (Å²) < 4.78 is 5.27. The lowest BCUT2D eigenvalue weighted by atomic mass is 10.0. The van der Waals surface area contributed by atoms with Crippen molar-refractivity contribution in [1.29, 1.82) is 0 Å². The van der Waals surface area contributed by atoms with Crippen LogP contribution in [-0.4, -0.2) is 12.6 Å². The van der Waals surface area contributed by atoms with Crippen molar-refractivity contribution in [2.75, 3.05) is 6.61 Å². The first-order valence-electron chi connectivity index (χ1n) is 7.04. The maximum atomic E-state index is 11.6. The zero-order chi connectivity index (χ0) is 12.6. The standard InChI is InChI=1S/C16H22O2/c17-16(11-10-14-8-4-5-9-14)18-13-12-15-6-2-1-3-7-15/h1-3,6-7,14H,4-5,8-13H2. The quantitative estimate of drug-likeness (QED) is 0.715. The van der Waals surface area contributed by atoms with E-state index in [2.05, 4.69) is 12.1 Å². The second kappa shape index (κ2) is 7.20. The molecule has 0 saturated heterocycles. The molecule has 0 aliphatic heterocycles. The molecule has 1 fully saturated rings. The van der Waals surface area contributed by atoms with Gasteiger partial charge in [-0.1, -0.05) is 56.0 Å². The molecule has 1 aliphatic rings. The summed E-state index contributed by atoms with van der Waals surface area (Å²) in [4.78, 5) is 11.6. The minimum atomic E-state index is -0.0298. The van der Waals surface area contributed by atoms with Crippen molar-refractivity contribution < 1.29 is 9.53 Å². The number of benzene rings is 1. The Hall–Kier alpha value is -1.31. The average molecular weight is 246 g/mol. The number of hydrogen-bond acceptors (Lipinski definition) is 2. The average Bonchev–Trinajstić information content (AvgIpc) is 2.91. The molecule has 0 spiro atoms. The molecule has 2 heteroatoms. The molecule has 18 heavy (non-hydrogen) atoms.